The van der Waals surface area contributed by atoms with Gasteiger partial charge in [-0.25, -0.2) is 0 Å². The lowest BCUT2D eigenvalue weighted by Crippen LogP contribution is -2.51. The van der Waals surface area contributed by atoms with E-state index >= 15 is 0 Å². The molecular formula is C32H38Cl2N4O2. The lowest BCUT2D eigenvalue weighted by atomic mass is 10.00. The average Bonchev–Trinajstić information content (AvgIpc) is 3.47. The van der Waals surface area contributed by atoms with Crippen LogP contribution in [-0.2, 0) is 11.2 Å². The molecule has 1 aliphatic heterocycles. The maximum absolute atomic E-state index is 13.4. The summed E-state index contributed by atoms with van der Waals surface area (Å²) in [6, 6.07) is 21.6. The number of amides is 2. The third kappa shape index (κ3) is 7.57. The Morgan fingerprint density at radius 3 is 2.25 bits per heavy atom. The predicted molar refractivity (Wildman–Crippen MR) is 165 cm³/mol. The molecular weight excluding hydrogens is 543 g/mol. The Hall–Kier alpha value is -3.06. The number of likely N-dealkylation sites (N-methyl/N-ethyl adjacent to an activating group) is 2. The normalized spacial score (nSPS) is 14.3. The van der Waals surface area contributed by atoms with E-state index in [1.807, 2.05) is 68.1 Å². The van der Waals surface area contributed by atoms with Gasteiger partial charge in [-0.05, 0) is 73.7 Å². The quantitative estimate of drug-likeness (QED) is 0.303. The molecule has 0 aromatic heterocycles. The summed E-state index contributed by atoms with van der Waals surface area (Å²) in [7, 11) is 3.78. The summed E-state index contributed by atoms with van der Waals surface area (Å²) < 4.78 is 0. The molecule has 1 unspecified atom stereocenters. The van der Waals surface area contributed by atoms with Gasteiger partial charge in [-0.15, -0.1) is 0 Å². The zero-order valence-electron chi connectivity index (χ0n) is 23.7. The largest absolute Gasteiger partial charge is 0.365 e. The number of nitrogens with one attached hydrogen (secondary N) is 1. The number of carbonyl (C=O) groups excluding carboxylic acids is 2. The van der Waals surface area contributed by atoms with Gasteiger partial charge in [0.2, 0.25) is 5.91 Å². The van der Waals surface area contributed by atoms with E-state index in [9.17, 15) is 9.59 Å². The molecule has 212 valence electrons. The monoisotopic (exact) mass is 580 g/mol. The van der Waals surface area contributed by atoms with Crippen LogP contribution in [0.4, 0.5) is 5.69 Å². The second-order valence-electron chi connectivity index (χ2n) is 10.8. The van der Waals surface area contributed by atoms with Gasteiger partial charge in [0.15, 0.2) is 0 Å². The molecule has 40 heavy (non-hydrogen) atoms. The third-order valence-electron chi connectivity index (χ3n) is 7.37. The van der Waals surface area contributed by atoms with Crippen LogP contribution in [0, 0.1) is 0 Å². The van der Waals surface area contributed by atoms with Crippen molar-refractivity contribution in [1.82, 2.24) is 15.1 Å². The Labute approximate surface area is 247 Å². The molecule has 0 spiro atoms. The van der Waals surface area contributed by atoms with Gasteiger partial charge in [0.1, 0.15) is 0 Å². The summed E-state index contributed by atoms with van der Waals surface area (Å²) in [6.07, 6.45) is 2.98. The van der Waals surface area contributed by atoms with Gasteiger partial charge in [-0.3, -0.25) is 14.5 Å². The van der Waals surface area contributed by atoms with Crippen molar-refractivity contribution in [3.8, 4) is 11.1 Å². The fourth-order valence-electron chi connectivity index (χ4n) is 5.07. The molecule has 0 saturated carbocycles. The second kappa shape index (κ2) is 13.5. The van der Waals surface area contributed by atoms with Crippen LogP contribution < -0.4 is 10.2 Å². The predicted octanol–water partition coefficient (Wildman–Crippen LogP) is 6.36. The Balaban J connectivity index is 1.47. The Morgan fingerprint density at radius 1 is 0.900 bits per heavy atom. The molecule has 1 saturated heterocycles. The first-order chi connectivity index (χ1) is 19.1. The average molecular weight is 582 g/mol. The van der Waals surface area contributed by atoms with Gasteiger partial charge in [-0.1, -0.05) is 59.6 Å². The van der Waals surface area contributed by atoms with Gasteiger partial charge in [0.25, 0.3) is 5.91 Å². The molecule has 4 rings (SSSR count). The molecule has 0 bridgehead atoms. The first-order valence-corrected chi connectivity index (χ1v) is 14.5. The lowest BCUT2D eigenvalue weighted by molar-refractivity contribution is -0.133. The van der Waals surface area contributed by atoms with Crippen LogP contribution in [0.25, 0.3) is 11.1 Å². The van der Waals surface area contributed by atoms with Crippen LogP contribution >= 0.6 is 23.2 Å². The minimum atomic E-state index is -0.0700. The number of rotatable bonds is 10. The van der Waals surface area contributed by atoms with Crippen molar-refractivity contribution < 1.29 is 9.59 Å². The molecule has 3 aromatic rings. The number of nitrogens with zero attached hydrogens (tertiary/aromatic N) is 3. The van der Waals surface area contributed by atoms with E-state index in [1.165, 1.54) is 0 Å². The summed E-state index contributed by atoms with van der Waals surface area (Å²) in [5, 5.41) is 3.91. The molecule has 8 heteroatoms. The fraction of sp³-hybridized carbons (Fsp3) is 0.375. The van der Waals surface area contributed by atoms with Gasteiger partial charge in [0.05, 0.1) is 22.8 Å². The van der Waals surface area contributed by atoms with Gasteiger partial charge in [-0.2, -0.15) is 0 Å². The number of benzene rings is 3. The highest BCUT2D eigenvalue weighted by Gasteiger charge is 2.29. The zero-order chi connectivity index (χ0) is 28.8. The number of anilines is 1. The molecule has 2 amide bonds. The highest BCUT2D eigenvalue weighted by molar-refractivity contribution is 6.42. The van der Waals surface area contributed by atoms with Gasteiger partial charge >= 0.3 is 0 Å². The highest BCUT2D eigenvalue weighted by atomic mass is 35.5. The first-order valence-electron chi connectivity index (χ1n) is 13.8. The van der Waals surface area contributed by atoms with Crippen LogP contribution in [0.3, 0.4) is 0 Å². The molecule has 1 aliphatic rings. The zero-order valence-corrected chi connectivity index (χ0v) is 25.2. The number of carbonyl (C=O) groups is 2. The molecule has 0 aliphatic carbocycles. The van der Waals surface area contributed by atoms with Gasteiger partial charge < -0.3 is 15.1 Å². The van der Waals surface area contributed by atoms with Crippen molar-refractivity contribution in [3.05, 3.63) is 87.9 Å². The Bertz CT molecular complexity index is 1320. The van der Waals surface area contributed by atoms with Crippen molar-refractivity contribution in [3.63, 3.8) is 0 Å². The standard InChI is InChI=1S/C32H38Cl2N4O2/c1-22(2)35-32(40)26-9-7-8-25(19-26)24-12-10-23(11-13-24)18-30(38-16-5-6-17-38)37(4)31(39)21-36(3)27-14-15-28(33)29(34)20-27/h7-15,19-20,22,30H,5-6,16-18,21H2,1-4H3,(H,35,40). The highest BCUT2D eigenvalue weighted by Crippen LogP contribution is 2.27. The third-order valence-corrected chi connectivity index (χ3v) is 8.11. The Morgan fingerprint density at radius 2 is 1.60 bits per heavy atom. The van der Waals surface area contributed by atoms with Crippen LogP contribution in [0.1, 0.15) is 42.6 Å². The summed E-state index contributed by atoms with van der Waals surface area (Å²) in [5.41, 5.74) is 4.70. The van der Waals surface area contributed by atoms with Crippen LogP contribution in [0.2, 0.25) is 10.0 Å². The van der Waals surface area contributed by atoms with Crippen molar-refractivity contribution in [2.45, 2.75) is 45.3 Å². The molecule has 1 heterocycles. The number of likely N-dealkylation sites (tertiary alicyclic amines) is 1. The van der Waals surface area contributed by atoms with E-state index < -0.39 is 0 Å². The van der Waals surface area contributed by atoms with E-state index in [2.05, 4.69) is 34.5 Å². The minimum Gasteiger partial charge on any atom is -0.365 e. The minimum absolute atomic E-state index is 0.0360. The number of halogens is 2. The smallest absolute Gasteiger partial charge is 0.251 e. The van der Waals surface area contributed by atoms with Gasteiger partial charge in [0, 0.05) is 50.9 Å². The van der Waals surface area contributed by atoms with E-state index in [1.54, 1.807) is 12.1 Å². The van der Waals surface area contributed by atoms with Crippen molar-refractivity contribution in [2.75, 3.05) is 38.6 Å². The van der Waals surface area contributed by atoms with E-state index in [-0.39, 0.29) is 30.6 Å². The second-order valence-corrected chi connectivity index (χ2v) is 11.6. The van der Waals surface area contributed by atoms with Crippen molar-refractivity contribution in [1.29, 1.82) is 0 Å². The fourth-order valence-corrected chi connectivity index (χ4v) is 5.37. The van der Waals surface area contributed by atoms with E-state index in [0.717, 1.165) is 54.7 Å². The Kier molecular flexibility index (Phi) is 10.1. The molecule has 1 fully saturated rings. The SMILES string of the molecule is CC(C)NC(=O)c1cccc(-c2ccc(CC(N3CCCC3)N(C)C(=O)CN(C)c3ccc(Cl)c(Cl)c3)cc2)c1. The van der Waals surface area contributed by atoms with Crippen LogP contribution in [-0.4, -0.2) is 67.6 Å². The van der Waals surface area contributed by atoms with Crippen LogP contribution in [0.15, 0.2) is 66.7 Å². The number of hydrogen-bond acceptors (Lipinski definition) is 4. The molecule has 1 N–H and O–H groups in total. The van der Waals surface area contributed by atoms with E-state index in [0.29, 0.717) is 15.6 Å². The maximum atomic E-state index is 13.4. The summed E-state index contributed by atoms with van der Waals surface area (Å²) in [6.45, 7) is 6.10. The summed E-state index contributed by atoms with van der Waals surface area (Å²) in [4.78, 5) is 32.1. The number of hydrogen-bond donors (Lipinski definition) is 1. The first kappa shape index (κ1) is 29.9. The molecule has 0 radical (unpaired) electrons. The van der Waals surface area contributed by atoms with E-state index in [4.69, 9.17) is 23.2 Å². The lowest BCUT2D eigenvalue weighted by Gasteiger charge is -2.36. The summed E-state index contributed by atoms with van der Waals surface area (Å²) in [5.74, 6) is -0.0296. The summed E-state index contributed by atoms with van der Waals surface area (Å²) >= 11 is 12.3. The van der Waals surface area contributed by atoms with Crippen LogP contribution in [0.5, 0.6) is 0 Å². The molecule has 1 atom stereocenters. The topological polar surface area (TPSA) is 55.9 Å². The molecule has 3 aromatic carbocycles. The van der Waals surface area contributed by atoms with Crippen molar-refractivity contribution in [2.24, 2.45) is 0 Å². The van der Waals surface area contributed by atoms with Crippen molar-refractivity contribution >= 4 is 40.7 Å². The maximum Gasteiger partial charge on any atom is 0.251 e. The molecule has 6 nitrogen and oxygen atoms in total.